The second-order valence-corrected chi connectivity index (χ2v) is 6.61. The molecule has 0 fully saturated rings. The minimum absolute atomic E-state index is 0.191. The number of aryl methyl sites for hydroxylation is 1. The van der Waals surface area contributed by atoms with Gasteiger partial charge in [-0.2, -0.15) is 0 Å². The maximum absolute atomic E-state index is 12.8. The summed E-state index contributed by atoms with van der Waals surface area (Å²) in [5, 5.41) is 0. The van der Waals surface area contributed by atoms with Crippen LogP contribution in [0.2, 0.25) is 0 Å². The first-order valence-electron chi connectivity index (χ1n) is 6.36. The summed E-state index contributed by atoms with van der Waals surface area (Å²) in [7, 11) is -0.704. The van der Waals surface area contributed by atoms with Crippen LogP contribution in [0.1, 0.15) is 5.56 Å². The zero-order valence-electron chi connectivity index (χ0n) is 12.2. The van der Waals surface area contributed by atoms with E-state index in [4.69, 9.17) is 10.5 Å². The lowest BCUT2D eigenvalue weighted by Gasteiger charge is -2.22. The van der Waals surface area contributed by atoms with E-state index in [9.17, 15) is 8.42 Å². The van der Waals surface area contributed by atoms with Gasteiger partial charge < -0.3 is 10.5 Å². The number of rotatable bonds is 4. The molecule has 2 rings (SSSR count). The topological polar surface area (TPSA) is 72.6 Å². The molecule has 0 aliphatic heterocycles. The van der Waals surface area contributed by atoms with Crippen molar-refractivity contribution in [1.29, 1.82) is 0 Å². The molecular formula is C15H18N2O3S. The summed E-state index contributed by atoms with van der Waals surface area (Å²) in [6, 6.07) is 11.8. The summed E-state index contributed by atoms with van der Waals surface area (Å²) in [5.41, 5.74) is 7.24. The van der Waals surface area contributed by atoms with Gasteiger partial charge in [-0.3, -0.25) is 4.31 Å². The first kappa shape index (κ1) is 15.2. The van der Waals surface area contributed by atoms with E-state index in [1.165, 1.54) is 24.5 Å². The van der Waals surface area contributed by atoms with Gasteiger partial charge in [0.2, 0.25) is 0 Å². The van der Waals surface area contributed by atoms with Gasteiger partial charge in [-0.15, -0.1) is 0 Å². The third-order valence-corrected chi connectivity index (χ3v) is 5.19. The number of anilines is 2. The van der Waals surface area contributed by atoms with Crippen molar-refractivity contribution in [1.82, 2.24) is 0 Å². The highest BCUT2D eigenvalue weighted by atomic mass is 32.2. The SMILES string of the molecule is COc1ccccc1N(C)S(=O)(=O)c1cc(N)ccc1C. The van der Waals surface area contributed by atoms with E-state index in [-0.39, 0.29) is 4.90 Å². The Bertz CT molecular complexity index is 757. The average molecular weight is 306 g/mol. The van der Waals surface area contributed by atoms with Gasteiger partial charge in [0.05, 0.1) is 17.7 Å². The van der Waals surface area contributed by atoms with Crippen LogP contribution < -0.4 is 14.8 Å². The highest BCUT2D eigenvalue weighted by Crippen LogP contribution is 2.32. The average Bonchev–Trinajstić information content (AvgIpc) is 2.48. The number of sulfonamides is 1. The van der Waals surface area contributed by atoms with Crippen molar-refractivity contribution in [3.05, 3.63) is 48.0 Å². The molecule has 0 unspecified atom stereocenters. The monoisotopic (exact) mass is 306 g/mol. The first-order valence-corrected chi connectivity index (χ1v) is 7.80. The number of methoxy groups -OCH3 is 1. The zero-order chi connectivity index (χ0) is 15.6. The molecule has 0 aliphatic carbocycles. The molecule has 0 bridgehead atoms. The van der Waals surface area contributed by atoms with Crippen LogP contribution in [0.3, 0.4) is 0 Å². The summed E-state index contributed by atoms with van der Waals surface area (Å²) in [4.78, 5) is 0.191. The molecular weight excluding hydrogens is 288 g/mol. The first-order chi connectivity index (χ1) is 9.87. The number of nitrogens with zero attached hydrogens (tertiary/aromatic N) is 1. The van der Waals surface area contributed by atoms with Gasteiger partial charge in [-0.1, -0.05) is 18.2 Å². The van der Waals surface area contributed by atoms with Gasteiger partial charge in [-0.25, -0.2) is 8.42 Å². The maximum Gasteiger partial charge on any atom is 0.264 e. The van der Waals surface area contributed by atoms with Crippen molar-refractivity contribution in [2.24, 2.45) is 0 Å². The summed E-state index contributed by atoms with van der Waals surface area (Å²) < 4.78 is 32.0. The summed E-state index contributed by atoms with van der Waals surface area (Å²) in [6.45, 7) is 1.74. The predicted octanol–water partition coefficient (Wildman–Crippen LogP) is 2.41. The summed E-state index contributed by atoms with van der Waals surface area (Å²) in [5.74, 6) is 0.491. The van der Waals surface area contributed by atoms with E-state index in [1.54, 1.807) is 43.3 Å². The number of benzene rings is 2. The van der Waals surface area contributed by atoms with Crippen molar-refractivity contribution in [2.75, 3.05) is 24.2 Å². The van der Waals surface area contributed by atoms with Crippen molar-refractivity contribution >= 4 is 21.4 Å². The molecule has 0 radical (unpaired) electrons. The van der Waals surface area contributed by atoms with Gasteiger partial charge in [0.25, 0.3) is 10.0 Å². The highest BCUT2D eigenvalue weighted by Gasteiger charge is 2.25. The lowest BCUT2D eigenvalue weighted by Crippen LogP contribution is -2.27. The van der Waals surface area contributed by atoms with Crippen LogP contribution in [0.25, 0.3) is 0 Å². The van der Waals surface area contributed by atoms with Crippen LogP contribution in [0.4, 0.5) is 11.4 Å². The van der Waals surface area contributed by atoms with E-state index in [0.717, 1.165) is 0 Å². The molecule has 0 saturated heterocycles. The van der Waals surface area contributed by atoms with Gasteiger partial charge >= 0.3 is 0 Å². The van der Waals surface area contributed by atoms with Crippen LogP contribution in [0, 0.1) is 6.92 Å². The van der Waals surface area contributed by atoms with Gasteiger partial charge in [0.1, 0.15) is 5.75 Å². The fourth-order valence-corrected chi connectivity index (χ4v) is 3.53. The van der Waals surface area contributed by atoms with Crippen LogP contribution in [0.5, 0.6) is 5.75 Å². The lowest BCUT2D eigenvalue weighted by molar-refractivity contribution is 0.416. The van der Waals surface area contributed by atoms with Gasteiger partial charge in [0, 0.05) is 12.7 Å². The number of hydrogen-bond acceptors (Lipinski definition) is 4. The molecule has 0 heterocycles. The molecule has 5 nitrogen and oxygen atoms in total. The number of nitrogen functional groups attached to an aromatic ring is 1. The summed E-state index contributed by atoms with van der Waals surface area (Å²) in [6.07, 6.45) is 0. The Hall–Kier alpha value is -2.21. The molecule has 0 spiro atoms. The Labute approximate surface area is 125 Å². The normalized spacial score (nSPS) is 11.2. The van der Waals surface area contributed by atoms with Gasteiger partial charge in [-0.05, 0) is 36.8 Å². The molecule has 6 heteroatoms. The van der Waals surface area contributed by atoms with E-state index in [0.29, 0.717) is 22.7 Å². The second-order valence-electron chi connectivity index (χ2n) is 4.67. The fraction of sp³-hybridized carbons (Fsp3) is 0.200. The van der Waals surface area contributed by atoms with E-state index < -0.39 is 10.0 Å². The molecule has 0 aliphatic rings. The number of para-hydroxylation sites is 2. The van der Waals surface area contributed by atoms with Gasteiger partial charge in [0.15, 0.2) is 0 Å². The maximum atomic E-state index is 12.8. The number of ether oxygens (including phenoxy) is 1. The lowest BCUT2D eigenvalue weighted by atomic mass is 10.2. The standard InChI is InChI=1S/C15H18N2O3S/c1-11-8-9-12(16)10-15(11)21(18,19)17(2)13-6-4-5-7-14(13)20-3/h4-10H,16H2,1-3H3. The minimum Gasteiger partial charge on any atom is -0.495 e. The Kier molecular flexibility index (Phi) is 4.09. The zero-order valence-corrected chi connectivity index (χ0v) is 13.0. The molecule has 0 saturated carbocycles. The minimum atomic E-state index is -3.70. The molecule has 2 aromatic carbocycles. The van der Waals surface area contributed by atoms with Crippen molar-refractivity contribution in [2.45, 2.75) is 11.8 Å². The van der Waals surface area contributed by atoms with Crippen LogP contribution in [-0.4, -0.2) is 22.6 Å². The van der Waals surface area contributed by atoms with E-state index >= 15 is 0 Å². The molecule has 2 aromatic rings. The third kappa shape index (κ3) is 2.80. The smallest absolute Gasteiger partial charge is 0.264 e. The predicted molar refractivity (Wildman–Crippen MR) is 84.2 cm³/mol. The van der Waals surface area contributed by atoms with Crippen molar-refractivity contribution < 1.29 is 13.2 Å². The van der Waals surface area contributed by atoms with E-state index in [2.05, 4.69) is 0 Å². The van der Waals surface area contributed by atoms with Crippen LogP contribution >= 0.6 is 0 Å². The molecule has 0 atom stereocenters. The molecule has 0 amide bonds. The van der Waals surface area contributed by atoms with Crippen LogP contribution in [0.15, 0.2) is 47.4 Å². The highest BCUT2D eigenvalue weighted by molar-refractivity contribution is 7.92. The van der Waals surface area contributed by atoms with E-state index in [1.807, 2.05) is 0 Å². The fourth-order valence-electron chi connectivity index (χ4n) is 2.06. The van der Waals surface area contributed by atoms with Crippen LogP contribution in [-0.2, 0) is 10.0 Å². The largest absolute Gasteiger partial charge is 0.495 e. The second kappa shape index (κ2) is 5.65. The molecule has 0 aromatic heterocycles. The van der Waals surface area contributed by atoms with Crippen molar-refractivity contribution in [3.8, 4) is 5.75 Å². The number of hydrogen-bond donors (Lipinski definition) is 1. The molecule has 2 N–H and O–H groups in total. The van der Waals surface area contributed by atoms with Crippen molar-refractivity contribution in [3.63, 3.8) is 0 Å². The molecule has 112 valence electrons. The number of nitrogens with two attached hydrogens (primary N) is 1. The molecule has 21 heavy (non-hydrogen) atoms. The summed E-state index contributed by atoms with van der Waals surface area (Å²) >= 11 is 0. The Morgan fingerprint density at radius 1 is 1.14 bits per heavy atom. The Morgan fingerprint density at radius 2 is 1.81 bits per heavy atom. The Morgan fingerprint density at radius 3 is 2.48 bits per heavy atom. The quantitative estimate of drug-likeness (QED) is 0.880. The Balaban J connectivity index is 2.55. The third-order valence-electron chi connectivity index (χ3n) is 3.28.